The third-order valence-electron chi connectivity index (χ3n) is 4.67. The Morgan fingerprint density at radius 1 is 1.09 bits per heavy atom. The molecule has 1 aromatic heterocycles. The SMILES string of the molecule is CCOC(=O)c1sc(NC(=O)CN2C(=O)CCSc3ccccc32)c(C(=O)OCC)c1C. The molecule has 0 radical (unpaired) electrons. The maximum absolute atomic E-state index is 12.9. The molecule has 2 amide bonds. The number of ether oxygens (including phenoxy) is 2. The van der Waals surface area contributed by atoms with Crippen molar-refractivity contribution in [2.24, 2.45) is 0 Å². The molecular weight excluding hydrogens is 452 g/mol. The molecule has 1 N–H and O–H groups in total. The second kappa shape index (κ2) is 10.6. The molecule has 3 rings (SSSR count). The first-order valence-corrected chi connectivity index (χ1v) is 12.0. The number of thioether (sulfide) groups is 1. The fraction of sp³-hybridized carbons (Fsp3) is 0.364. The van der Waals surface area contributed by atoms with Crippen molar-refractivity contribution in [2.45, 2.75) is 32.1 Å². The van der Waals surface area contributed by atoms with Gasteiger partial charge in [-0.25, -0.2) is 9.59 Å². The van der Waals surface area contributed by atoms with Crippen molar-refractivity contribution >= 4 is 57.5 Å². The average molecular weight is 477 g/mol. The minimum Gasteiger partial charge on any atom is -0.462 e. The van der Waals surface area contributed by atoms with E-state index in [0.717, 1.165) is 16.2 Å². The summed E-state index contributed by atoms with van der Waals surface area (Å²) in [6.07, 6.45) is 0.311. The molecule has 0 unspecified atom stereocenters. The number of carbonyl (C=O) groups is 4. The Hall–Kier alpha value is -2.85. The summed E-state index contributed by atoms with van der Waals surface area (Å²) in [4.78, 5) is 53.0. The highest BCUT2D eigenvalue weighted by Crippen LogP contribution is 2.36. The van der Waals surface area contributed by atoms with Crippen molar-refractivity contribution < 1.29 is 28.7 Å². The van der Waals surface area contributed by atoms with Gasteiger partial charge in [0.1, 0.15) is 16.4 Å². The van der Waals surface area contributed by atoms with Crippen LogP contribution in [0.1, 0.15) is 45.9 Å². The van der Waals surface area contributed by atoms with E-state index in [2.05, 4.69) is 5.32 Å². The van der Waals surface area contributed by atoms with Gasteiger partial charge >= 0.3 is 11.9 Å². The van der Waals surface area contributed by atoms with E-state index in [0.29, 0.717) is 23.4 Å². The van der Waals surface area contributed by atoms with Crippen LogP contribution >= 0.6 is 23.1 Å². The quantitative estimate of drug-likeness (QED) is 0.605. The average Bonchev–Trinajstić information content (AvgIpc) is 2.99. The standard InChI is InChI=1S/C22H24N2O6S2/c1-4-29-21(27)18-13(3)19(22(28)30-5-2)32-20(18)23-16(25)12-24-14-8-6-7-9-15(14)31-11-10-17(24)26/h6-9H,4-5,10-12H2,1-3H3,(H,23,25). The summed E-state index contributed by atoms with van der Waals surface area (Å²) < 4.78 is 10.2. The number of hydrogen-bond acceptors (Lipinski definition) is 8. The number of nitrogens with zero attached hydrogens (tertiary/aromatic N) is 1. The molecule has 8 nitrogen and oxygen atoms in total. The third-order valence-corrected chi connectivity index (χ3v) is 6.92. The molecule has 32 heavy (non-hydrogen) atoms. The van der Waals surface area contributed by atoms with Gasteiger partial charge in [0.2, 0.25) is 11.8 Å². The molecule has 0 fully saturated rings. The third kappa shape index (κ3) is 5.13. The predicted octanol–water partition coefficient (Wildman–Crippen LogP) is 3.88. The molecule has 170 valence electrons. The molecule has 10 heteroatoms. The summed E-state index contributed by atoms with van der Waals surface area (Å²) in [6, 6.07) is 7.42. The van der Waals surface area contributed by atoms with Crippen LogP contribution in [0.5, 0.6) is 0 Å². The lowest BCUT2D eigenvalue weighted by Crippen LogP contribution is -2.38. The van der Waals surface area contributed by atoms with Gasteiger partial charge in [-0.3, -0.25) is 9.59 Å². The number of anilines is 2. The van der Waals surface area contributed by atoms with Crippen molar-refractivity contribution in [3.05, 3.63) is 40.3 Å². The molecule has 0 aliphatic carbocycles. The number of esters is 2. The number of thiophene rings is 1. The van der Waals surface area contributed by atoms with Crippen LogP contribution in [0.15, 0.2) is 29.2 Å². The van der Waals surface area contributed by atoms with Gasteiger partial charge in [-0.15, -0.1) is 23.1 Å². The topological polar surface area (TPSA) is 102 Å². The number of hydrogen-bond donors (Lipinski definition) is 1. The summed E-state index contributed by atoms with van der Waals surface area (Å²) in [7, 11) is 0. The summed E-state index contributed by atoms with van der Waals surface area (Å²) in [5.74, 6) is -1.22. The van der Waals surface area contributed by atoms with E-state index in [1.54, 1.807) is 38.6 Å². The first-order chi connectivity index (χ1) is 15.4. The number of nitrogens with one attached hydrogen (secondary N) is 1. The first-order valence-electron chi connectivity index (χ1n) is 10.2. The van der Waals surface area contributed by atoms with Gasteiger partial charge in [0.05, 0.1) is 24.5 Å². The minimum atomic E-state index is -0.639. The lowest BCUT2D eigenvalue weighted by Gasteiger charge is -2.22. The molecule has 0 saturated carbocycles. The van der Waals surface area contributed by atoms with E-state index in [4.69, 9.17) is 9.47 Å². The van der Waals surface area contributed by atoms with Crippen LogP contribution in [0.3, 0.4) is 0 Å². The fourth-order valence-corrected chi connectivity index (χ4v) is 5.35. The van der Waals surface area contributed by atoms with Gasteiger partial charge in [0.15, 0.2) is 0 Å². The zero-order chi connectivity index (χ0) is 23.3. The van der Waals surface area contributed by atoms with Gasteiger partial charge in [0, 0.05) is 17.1 Å². The lowest BCUT2D eigenvalue weighted by molar-refractivity contribution is -0.121. The number of para-hydroxylation sites is 1. The van der Waals surface area contributed by atoms with Crippen LogP contribution in [-0.2, 0) is 19.1 Å². The van der Waals surface area contributed by atoms with Gasteiger partial charge in [0.25, 0.3) is 0 Å². The van der Waals surface area contributed by atoms with Gasteiger partial charge in [-0.2, -0.15) is 0 Å². The second-order valence-corrected chi connectivity index (χ2v) is 8.95. The molecule has 0 spiro atoms. The number of benzene rings is 1. The Morgan fingerprint density at radius 2 is 1.78 bits per heavy atom. The van der Waals surface area contributed by atoms with E-state index in [1.807, 2.05) is 18.2 Å². The summed E-state index contributed by atoms with van der Waals surface area (Å²) >= 11 is 2.52. The smallest absolute Gasteiger partial charge is 0.348 e. The normalized spacial score (nSPS) is 13.2. The van der Waals surface area contributed by atoms with Crippen LogP contribution < -0.4 is 10.2 Å². The zero-order valence-electron chi connectivity index (χ0n) is 18.1. The number of rotatable bonds is 7. The monoisotopic (exact) mass is 476 g/mol. The van der Waals surface area contributed by atoms with Crippen LogP contribution in [0, 0.1) is 6.92 Å². The molecule has 2 aromatic rings. The molecule has 0 saturated heterocycles. The van der Waals surface area contributed by atoms with Crippen molar-refractivity contribution in [1.82, 2.24) is 0 Å². The Morgan fingerprint density at radius 3 is 2.50 bits per heavy atom. The van der Waals surface area contributed by atoms with Crippen molar-refractivity contribution in [2.75, 3.05) is 35.7 Å². The Kier molecular flexibility index (Phi) is 7.92. The maximum Gasteiger partial charge on any atom is 0.348 e. The summed E-state index contributed by atoms with van der Waals surface area (Å²) in [5, 5.41) is 2.89. The zero-order valence-corrected chi connectivity index (χ0v) is 19.7. The Labute approximate surface area is 194 Å². The molecule has 0 atom stereocenters. The van der Waals surface area contributed by atoms with Crippen LogP contribution in [-0.4, -0.2) is 49.3 Å². The van der Waals surface area contributed by atoms with Gasteiger partial charge < -0.3 is 19.7 Å². The minimum absolute atomic E-state index is 0.117. The summed E-state index contributed by atoms with van der Waals surface area (Å²) in [6.45, 7) is 5.07. The molecule has 1 aromatic carbocycles. The van der Waals surface area contributed by atoms with Gasteiger partial charge in [-0.05, 0) is 38.5 Å². The van der Waals surface area contributed by atoms with Crippen molar-refractivity contribution in [1.29, 1.82) is 0 Å². The van der Waals surface area contributed by atoms with Crippen LogP contribution in [0.2, 0.25) is 0 Å². The number of amides is 2. The van der Waals surface area contributed by atoms with E-state index in [-0.39, 0.29) is 41.1 Å². The number of fused-ring (bicyclic) bond motifs is 1. The number of carbonyl (C=O) groups excluding carboxylic acids is 4. The van der Waals surface area contributed by atoms with E-state index < -0.39 is 17.8 Å². The fourth-order valence-electron chi connectivity index (χ4n) is 3.24. The van der Waals surface area contributed by atoms with E-state index >= 15 is 0 Å². The van der Waals surface area contributed by atoms with Gasteiger partial charge in [-0.1, -0.05) is 12.1 Å². The van der Waals surface area contributed by atoms with Crippen molar-refractivity contribution in [3.63, 3.8) is 0 Å². The summed E-state index contributed by atoms with van der Waals surface area (Å²) in [5.41, 5.74) is 1.18. The first kappa shape index (κ1) is 23.8. The molecular formula is C22H24N2O6S2. The highest BCUT2D eigenvalue weighted by molar-refractivity contribution is 7.99. The second-order valence-electron chi connectivity index (χ2n) is 6.80. The molecule has 1 aliphatic heterocycles. The highest BCUT2D eigenvalue weighted by Gasteiger charge is 2.29. The van der Waals surface area contributed by atoms with E-state index in [1.165, 1.54) is 4.90 Å². The highest BCUT2D eigenvalue weighted by atomic mass is 32.2. The Balaban J connectivity index is 1.88. The maximum atomic E-state index is 12.9. The van der Waals surface area contributed by atoms with Crippen LogP contribution in [0.25, 0.3) is 0 Å². The largest absolute Gasteiger partial charge is 0.462 e. The molecule has 1 aliphatic rings. The molecule has 0 bridgehead atoms. The Bertz CT molecular complexity index is 1050. The van der Waals surface area contributed by atoms with Crippen molar-refractivity contribution in [3.8, 4) is 0 Å². The van der Waals surface area contributed by atoms with Crippen LogP contribution in [0.4, 0.5) is 10.7 Å². The van der Waals surface area contributed by atoms with E-state index in [9.17, 15) is 19.2 Å². The predicted molar refractivity (Wildman–Crippen MR) is 124 cm³/mol. The lowest BCUT2D eigenvalue weighted by atomic mass is 10.1. The molecule has 2 heterocycles.